The van der Waals surface area contributed by atoms with Crippen LogP contribution in [0.15, 0.2) is 0 Å². The fraction of sp³-hybridized carbons (Fsp3) is 0.970. The molecule has 38 heavy (non-hydrogen) atoms. The van der Waals surface area contributed by atoms with Gasteiger partial charge in [0, 0.05) is 6.61 Å². The molecule has 0 atom stereocenters. The first-order chi connectivity index (χ1) is 18.1. The van der Waals surface area contributed by atoms with Gasteiger partial charge in [-0.3, -0.25) is 0 Å². The number of carbonyl (C=O) groups is 1. The van der Waals surface area contributed by atoms with Crippen molar-refractivity contribution in [2.24, 2.45) is 34.5 Å². The van der Waals surface area contributed by atoms with Crippen molar-refractivity contribution in [1.82, 2.24) is 0 Å². The largest absolute Gasteiger partial charge is 0.508 e. The van der Waals surface area contributed by atoms with Crippen LogP contribution in [-0.2, 0) is 14.2 Å². The Morgan fingerprint density at radius 3 is 1.24 bits per heavy atom. The normalized spacial score (nSPS) is 37.4. The number of aliphatic hydroxyl groups is 1. The van der Waals surface area contributed by atoms with Gasteiger partial charge in [0.15, 0.2) is 0 Å². The number of hydrogen-bond donors (Lipinski definition) is 1. The maximum Gasteiger partial charge on any atom is 0.508 e. The summed E-state index contributed by atoms with van der Waals surface area (Å²) in [7, 11) is 0. The number of carbonyl (C=O) groups excluding carboxylic acids is 1. The molecule has 0 aromatic carbocycles. The SMILES string of the molecule is CCOC1CCC(C(C)(C)C2CCC(OC(=O)OC3CCC(C(C)(C)C4CCC(O)CC4)CC3)CC2)CC1. The van der Waals surface area contributed by atoms with E-state index in [-0.39, 0.29) is 18.3 Å². The number of aliphatic hydroxyl groups excluding tert-OH is 1. The summed E-state index contributed by atoms with van der Waals surface area (Å²) in [6.45, 7) is 12.8. The minimum absolute atomic E-state index is 0.00446. The molecule has 0 aliphatic heterocycles. The van der Waals surface area contributed by atoms with Crippen molar-refractivity contribution < 1.29 is 24.1 Å². The average molecular weight is 535 g/mol. The van der Waals surface area contributed by atoms with Crippen LogP contribution < -0.4 is 0 Å². The predicted molar refractivity (Wildman–Crippen MR) is 152 cm³/mol. The van der Waals surface area contributed by atoms with Gasteiger partial charge >= 0.3 is 6.16 Å². The van der Waals surface area contributed by atoms with Gasteiger partial charge in [-0.2, -0.15) is 0 Å². The fourth-order valence-electron chi connectivity index (χ4n) is 8.85. The molecule has 0 radical (unpaired) electrons. The summed E-state index contributed by atoms with van der Waals surface area (Å²) in [4.78, 5) is 12.7. The van der Waals surface area contributed by atoms with E-state index in [4.69, 9.17) is 14.2 Å². The van der Waals surface area contributed by atoms with Crippen molar-refractivity contribution in [3.8, 4) is 0 Å². The van der Waals surface area contributed by atoms with Gasteiger partial charge in [0.2, 0.25) is 0 Å². The Kier molecular flexibility index (Phi) is 10.5. The topological polar surface area (TPSA) is 65.0 Å². The molecule has 0 amide bonds. The first-order valence-electron chi connectivity index (χ1n) is 16.3. The Labute approximate surface area is 233 Å². The van der Waals surface area contributed by atoms with Crippen molar-refractivity contribution >= 4 is 6.16 Å². The Morgan fingerprint density at radius 1 is 0.579 bits per heavy atom. The molecule has 4 fully saturated rings. The molecular formula is C33H58O5. The molecule has 0 bridgehead atoms. The Bertz CT molecular complexity index is 716. The summed E-state index contributed by atoms with van der Waals surface area (Å²) in [5.41, 5.74) is 0.632. The summed E-state index contributed by atoms with van der Waals surface area (Å²) >= 11 is 0. The maximum absolute atomic E-state index is 12.7. The van der Waals surface area contributed by atoms with Crippen molar-refractivity contribution in [3.63, 3.8) is 0 Å². The van der Waals surface area contributed by atoms with E-state index < -0.39 is 6.16 Å². The highest BCUT2D eigenvalue weighted by atomic mass is 16.7. The second kappa shape index (κ2) is 13.2. The highest BCUT2D eigenvalue weighted by Crippen LogP contribution is 2.50. The van der Waals surface area contributed by atoms with Gasteiger partial charge < -0.3 is 19.3 Å². The molecule has 5 heteroatoms. The quantitative estimate of drug-likeness (QED) is 0.316. The van der Waals surface area contributed by atoms with E-state index in [0.717, 1.165) is 89.6 Å². The molecular weight excluding hydrogens is 476 g/mol. The Hall–Kier alpha value is -0.810. The minimum Gasteiger partial charge on any atom is -0.431 e. The Morgan fingerprint density at radius 2 is 0.895 bits per heavy atom. The zero-order valence-electron chi connectivity index (χ0n) is 25.2. The summed E-state index contributed by atoms with van der Waals surface area (Å²) < 4.78 is 17.5. The summed E-state index contributed by atoms with van der Waals surface area (Å²) in [5, 5.41) is 9.90. The zero-order chi connectivity index (χ0) is 27.3. The van der Waals surface area contributed by atoms with Crippen molar-refractivity contribution in [1.29, 1.82) is 0 Å². The summed E-state index contributed by atoms with van der Waals surface area (Å²) in [6, 6.07) is 0. The molecule has 220 valence electrons. The average Bonchev–Trinajstić information content (AvgIpc) is 2.90. The van der Waals surface area contributed by atoms with E-state index in [0.29, 0.717) is 34.7 Å². The van der Waals surface area contributed by atoms with Crippen molar-refractivity contribution in [3.05, 3.63) is 0 Å². The van der Waals surface area contributed by atoms with Gasteiger partial charge in [0.05, 0.1) is 12.2 Å². The second-order valence-corrected chi connectivity index (χ2v) is 14.5. The summed E-state index contributed by atoms with van der Waals surface area (Å²) in [5.74, 6) is 2.85. The molecule has 0 aromatic heterocycles. The van der Waals surface area contributed by atoms with Crippen molar-refractivity contribution in [2.75, 3.05) is 6.61 Å². The number of ether oxygens (including phenoxy) is 3. The van der Waals surface area contributed by atoms with Gasteiger partial charge in [-0.25, -0.2) is 4.79 Å². The van der Waals surface area contributed by atoms with Crippen molar-refractivity contribution in [2.45, 2.75) is 162 Å². The lowest BCUT2D eigenvalue weighted by molar-refractivity contribution is -0.0493. The maximum atomic E-state index is 12.7. The number of rotatable bonds is 8. The molecule has 0 spiro atoms. The molecule has 4 saturated carbocycles. The van der Waals surface area contributed by atoms with Crippen LogP contribution in [-0.4, -0.2) is 42.3 Å². The molecule has 0 saturated heterocycles. The van der Waals surface area contributed by atoms with E-state index in [9.17, 15) is 9.90 Å². The van der Waals surface area contributed by atoms with Crippen LogP contribution in [0.25, 0.3) is 0 Å². The van der Waals surface area contributed by atoms with Crippen LogP contribution in [0.4, 0.5) is 4.79 Å². The van der Waals surface area contributed by atoms with Crippen LogP contribution in [0.1, 0.15) is 137 Å². The lowest BCUT2D eigenvalue weighted by Crippen LogP contribution is -2.40. The molecule has 4 rings (SSSR count). The summed E-state index contributed by atoms with van der Waals surface area (Å²) in [6.07, 6.45) is 17.5. The molecule has 0 unspecified atom stereocenters. The molecule has 1 N–H and O–H groups in total. The van der Waals surface area contributed by atoms with Crippen LogP contribution in [0.3, 0.4) is 0 Å². The lowest BCUT2D eigenvalue weighted by atomic mass is 9.60. The number of hydrogen-bond acceptors (Lipinski definition) is 5. The second-order valence-electron chi connectivity index (χ2n) is 14.5. The van der Waals surface area contributed by atoms with Gasteiger partial charge in [-0.15, -0.1) is 0 Å². The van der Waals surface area contributed by atoms with Gasteiger partial charge in [0.1, 0.15) is 12.2 Å². The van der Waals surface area contributed by atoms with Crippen LogP contribution in [0.2, 0.25) is 0 Å². The standard InChI is InChI=1S/C33H58O5/c1-6-36-28-17-9-24(10-18-28)33(4,5)26-13-21-30(22-14-26)38-31(35)37-29-19-11-25(12-20-29)32(2,3)23-7-15-27(34)16-8-23/h23-30,34H,6-22H2,1-5H3. The third-order valence-electron chi connectivity index (χ3n) is 11.9. The molecule has 4 aliphatic rings. The van der Waals surface area contributed by atoms with Crippen LogP contribution >= 0.6 is 0 Å². The van der Waals surface area contributed by atoms with E-state index in [2.05, 4.69) is 34.6 Å². The van der Waals surface area contributed by atoms with E-state index in [1.165, 1.54) is 25.7 Å². The first-order valence-corrected chi connectivity index (χ1v) is 16.3. The minimum atomic E-state index is -0.439. The third-order valence-corrected chi connectivity index (χ3v) is 11.9. The van der Waals surface area contributed by atoms with Crippen LogP contribution in [0, 0.1) is 34.5 Å². The van der Waals surface area contributed by atoms with Gasteiger partial charge in [-0.05, 0) is 144 Å². The van der Waals surface area contributed by atoms with E-state index in [1.54, 1.807) is 0 Å². The molecule has 5 nitrogen and oxygen atoms in total. The highest BCUT2D eigenvalue weighted by molar-refractivity contribution is 5.60. The third kappa shape index (κ3) is 7.47. The predicted octanol–water partition coefficient (Wildman–Crippen LogP) is 8.46. The van der Waals surface area contributed by atoms with Crippen LogP contribution in [0.5, 0.6) is 0 Å². The highest BCUT2D eigenvalue weighted by Gasteiger charge is 2.42. The smallest absolute Gasteiger partial charge is 0.431 e. The molecule has 4 aliphatic carbocycles. The fourth-order valence-corrected chi connectivity index (χ4v) is 8.85. The van der Waals surface area contributed by atoms with E-state index in [1.807, 2.05) is 0 Å². The van der Waals surface area contributed by atoms with Gasteiger partial charge in [-0.1, -0.05) is 27.7 Å². The molecule has 0 aromatic rings. The Balaban J connectivity index is 1.14. The zero-order valence-corrected chi connectivity index (χ0v) is 25.2. The lowest BCUT2D eigenvalue weighted by Gasteiger charge is -2.46. The monoisotopic (exact) mass is 534 g/mol. The van der Waals surface area contributed by atoms with Gasteiger partial charge in [0.25, 0.3) is 0 Å². The molecule has 0 heterocycles. The van der Waals surface area contributed by atoms with E-state index >= 15 is 0 Å². The first kappa shape index (κ1) is 30.2.